The van der Waals surface area contributed by atoms with E-state index in [0.717, 1.165) is 50.6 Å². The Morgan fingerprint density at radius 3 is 2.64 bits per heavy atom. The van der Waals surface area contributed by atoms with Crippen LogP contribution in [0.15, 0.2) is 47.4 Å². The van der Waals surface area contributed by atoms with Crippen LogP contribution >= 0.6 is 11.8 Å². The van der Waals surface area contributed by atoms with E-state index in [9.17, 15) is 4.79 Å². The number of benzene rings is 2. The van der Waals surface area contributed by atoms with Gasteiger partial charge < -0.3 is 15.1 Å². The first-order chi connectivity index (χ1) is 12.2. The summed E-state index contributed by atoms with van der Waals surface area (Å²) in [6.45, 7) is 6.42. The molecule has 1 N–H and O–H groups in total. The Kier molecular flexibility index (Phi) is 6.73. The lowest BCUT2D eigenvalue weighted by atomic mass is 10.1. The number of amides is 1. The van der Waals surface area contributed by atoms with Crippen molar-refractivity contribution >= 4 is 28.4 Å². The van der Waals surface area contributed by atoms with Gasteiger partial charge in [-0.3, -0.25) is 4.79 Å². The highest BCUT2D eigenvalue weighted by Gasteiger charge is 2.12. The van der Waals surface area contributed by atoms with Gasteiger partial charge in [-0.1, -0.05) is 30.3 Å². The van der Waals surface area contributed by atoms with Crippen molar-refractivity contribution in [2.24, 2.45) is 0 Å². The molecule has 1 amide bonds. The molecule has 25 heavy (non-hydrogen) atoms. The highest BCUT2D eigenvalue weighted by atomic mass is 32.2. The number of likely N-dealkylation sites (N-methyl/N-ethyl adjacent to an activating group) is 1. The molecule has 0 radical (unpaired) electrons. The monoisotopic (exact) mass is 357 g/mol. The van der Waals surface area contributed by atoms with Crippen molar-refractivity contribution < 1.29 is 4.79 Å². The molecule has 4 nitrogen and oxygen atoms in total. The zero-order valence-electron chi connectivity index (χ0n) is 14.9. The third-order valence-corrected chi connectivity index (χ3v) is 5.65. The molecule has 134 valence electrons. The number of thioether (sulfide) groups is 1. The van der Waals surface area contributed by atoms with Crippen LogP contribution < -0.4 is 5.32 Å². The number of carbonyl (C=O) groups is 1. The van der Waals surface area contributed by atoms with Gasteiger partial charge in [-0.2, -0.15) is 0 Å². The first-order valence-corrected chi connectivity index (χ1v) is 9.98. The maximum atomic E-state index is 12.0. The molecule has 5 heteroatoms. The van der Waals surface area contributed by atoms with E-state index in [1.807, 2.05) is 12.1 Å². The van der Waals surface area contributed by atoms with Crippen molar-refractivity contribution in [1.82, 2.24) is 15.1 Å². The maximum absolute atomic E-state index is 12.0. The summed E-state index contributed by atoms with van der Waals surface area (Å²) in [5.41, 5.74) is 0. The van der Waals surface area contributed by atoms with Crippen LogP contribution in [0.3, 0.4) is 0 Å². The Bertz CT molecular complexity index is 698. The SMILES string of the molecule is CN1CCN(CCCNC(=O)CSc2ccc3ccccc3c2)CC1. The molecule has 1 heterocycles. The number of piperazine rings is 1. The summed E-state index contributed by atoms with van der Waals surface area (Å²) >= 11 is 1.60. The van der Waals surface area contributed by atoms with Crippen molar-refractivity contribution in [3.05, 3.63) is 42.5 Å². The average molecular weight is 358 g/mol. The Morgan fingerprint density at radius 2 is 1.84 bits per heavy atom. The summed E-state index contributed by atoms with van der Waals surface area (Å²) in [5, 5.41) is 5.50. The normalized spacial score (nSPS) is 16.2. The van der Waals surface area contributed by atoms with E-state index in [1.54, 1.807) is 11.8 Å². The molecule has 3 rings (SSSR count). The Labute approximate surface area is 154 Å². The summed E-state index contributed by atoms with van der Waals surface area (Å²) in [6.07, 6.45) is 1.02. The quantitative estimate of drug-likeness (QED) is 0.610. The van der Waals surface area contributed by atoms with Crippen LogP contribution in [0.5, 0.6) is 0 Å². The van der Waals surface area contributed by atoms with Gasteiger partial charge in [0.2, 0.25) is 5.91 Å². The van der Waals surface area contributed by atoms with Crippen molar-refractivity contribution in [3.63, 3.8) is 0 Å². The van der Waals surface area contributed by atoms with Crippen LogP contribution in [0.2, 0.25) is 0 Å². The fourth-order valence-corrected chi connectivity index (χ4v) is 3.83. The van der Waals surface area contributed by atoms with E-state index in [1.165, 1.54) is 10.8 Å². The minimum absolute atomic E-state index is 0.122. The number of nitrogens with zero attached hydrogens (tertiary/aromatic N) is 2. The van der Waals surface area contributed by atoms with Crippen LogP contribution in [0.4, 0.5) is 0 Å². The predicted octanol–water partition coefficient (Wildman–Crippen LogP) is 2.69. The van der Waals surface area contributed by atoms with Crippen molar-refractivity contribution in [3.8, 4) is 0 Å². The second kappa shape index (κ2) is 9.22. The predicted molar refractivity (Wildman–Crippen MR) is 106 cm³/mol. The third kappa shape index (κ3) is 5.73. The van der Waals surface area contributed by atoms with Gasteiger partial charge >= 0.3 is 0 Å². The number of nitrogens with one attached hydrogen (secondary N) is 1. The maximum Gasteiger partial charge on any atom is 0.230 e. The summed E-state index contributed by atoms with van der Waals surface area (Å²) in [5.74, 6) is 0.601. The lowest BCUT2D eigenvalue weighted by molar-refractivity contribution is -0.118. The van der Waals surface area contributed by atoms with E-state index in [0.29, 0.717) is 5.75 Å². The van der Waals surface area contributed by atoms with Crippen molar-refractivity contribution in [2.45, 2.75) is 11.3 Å². The van der Waals surface area contributed by atoms with E-state index in [4.69, 9.17) is 0 Å². The van der Waals surface area contributed by atoms with Crippen LogP contribution in [-0.4, -0.2) is 67.8 Å². The van der Waals surface area contributed by atoms with Gasteiger partial charge in [0.15, 0.2) is 0 Å². The van der Waals surface area contributed by atoms with Gasteiger partial charge in [0, 0.05) is 37.6 Å². The van der Waals surface area contributed by atoms with E-state index < -0.39 is 0 Å². The standard InChI is InChI=1S/C20H27N3OS/c1-22-11-13-23(14-12-22)10-4-9-21-20(24)16-25-19-8-7-17-5-2-3-6-18(17)15-19/h2-3,5-8,15H,4,9-14,16H2,1H3,(H,21,24). The van der Waals surface area contributed by atoms with E-state index in [-0.39, 0.29) is 5.91 Å². The Balaban J connectivity index is 1.33. The number of hydrogen-bond donors (Lipinski definition) is 1. The van der Waals surface area contributed by atoms with Crippen molar-refractivity contribution in [1.29, 1.82) is 0 Å². The largest absolute Gasteiger partial charge is 0.355 e. The number of hydrogen-bond acceptors (Lipinski definition) is 4. The Morgan fingerprint density at radius 1 is 1.08 bits per heavy atom. The molecule has 0 unspecified atom stereocenters. The summed E-state index contributed by atoms with van der Waals surface area (Å²) in [7, 11) is 2.17. The summed E-state index contributed by atoms with van der Waals surface area (Å²) < 4.78 is 0. The molecular weight excluding hydrogens is 330 g/mol. The molecule has 0 spiro atoms. The fourth-order valence-electron chi connectivity index (χ4n) is 3.06. The number of rotatable bonds is 7. The second-order valence-corrected chi connectivity index (χ2v) is 7.69. The summed E-state index contributed by atoms with van der Waals surface area (Å²) in [4.78, 5) is 18.0. The molecule has 1 aliphatic rings. The fraction of sp³-hybridized carbons (Fsp3) is 0.450. The third-order valence-electron chi connectivity index (χ3n) is 4.66. The highest BCUT2D eigenvalue weighted by molar-refractivity contribution is 8.00. The smallest absolute Gasteiger partial charge is 0.230 e. The molecule has 1 fully saturated rings. The molecule has 0 aliphatic carbocycles. The molecular formula is C20H27N3OS. The second-order valence-electron chi connectivity index (χ2n) is 6.65. The highest BCUT2D eigenvalue weighted by Crippen LogP contribution is 2.23. The zero-order chi connectivity index (χ0) is 17.5. The van der Waals surface area contributed by atoms with E-state index in [2.05, 4.69) is 52.5 Å². The Hall–Kier alpha value is -1.56. The van der Waals surface area contributed by atoms with Crippen LogP contribution in [0.1, 0.15) is 6.42 Å². The zero-order valence-corrected chi connectivity index (χ0v) is 15.7. The van der Waals surface area contributed by atoms with Gasteiger partial charge in [-0.15, -0.1) is 11.8 Å². The van der Waals surface area contributed by atoms with Crippen LogP contribution in [0, 0.1) is 0 Å². The van der Waals surface area contributed by atoms with Gasteiger partial charge in [0.1, 0.15) is 0 Å². The first-order valence-electron chi connectivity index (χ1n) is 9.00. The lowest BCUT2D eigenvalue weighted by Gasteiger charge is -2.32. The molecule has 0 atom stereocenters. The topological polar surface area (TPSA) is 35.6 Å². The first kappa shape index (κ1) is 18.2. The molecule has 2 aromatic rings. The number of carbonyl (C=O) groups excluding carboxylic acids is 1. The van der Waals surface area contributed by atoms with Crippen molar-refractivity contribution in [2.75, 3.05) is 52.1 Å². The molecule has 0 aromatic heterocycles. The van der Waals surface area contributed by atoms with E-state index >= 15 is 0 Å². The lowest BCUT2D eigenvalue weighted by Crippen LogP contribution is -2.45. The molecule has 0 bridgehead atoms. The molecule has 0 saturated carbocycles. The van der Waals surface area contributed by atoms with Gasteiger partial charge in [0.25, 0.3) is 0 Å². The minimum Gasteiger partial charge on any atom is -0.355 e. The number of fused-ring (bicyclic) bond motifs is 1. The van der Waals surface area contributed by atoms with Gasteiger partial charge in [-0.25, -0.2) is 0 Å². The van der Waals surface area contributed by atoms with Crippen LogP contribution in [0.25, 0.3) is 10.8 Å². The summed E-state index contributed by atoms with van der Waals surface area (Å²) in [6, 6.07) is 14.7. The molecule has 2 aromatic carbocycles. The average Bonchev–Trinajstić information content (AvgIpc) is 2.65. The minimum atomic E-state index is 0.122. The molecule has 1 saturated heterocycles. The molecule has 1 aliphatic heterocycles. The van der Waals surface area contributed by atoms with Crippen LogP contribution in [-0.2, 0) is 4.79 Å². The van der Waals surface area contributed by atoms with Gasteiger partial charge in [0.05, 0.1) is 5.75 Å². The van der Waals surface area contributed by atoms with Gasteiger partial charge in [-0.05, 0) is 42.9 Å².